The van der Waals surface area contributed by atoms with Gasteiger partial charge in [0.1, 0.15) is 10.3 Å². The second-order valence-electron chi connectivity index (χ2n) is 4.51. The molecule has 0 aliphatic carbocycles. The van der Waals surface area contributed by atoms with Crippen LogP contribution in [-0.2, 0) is 6.18 Å². The Balaban J connectivity index is 2.12. The minimum absolute atomic E-state index is 0.397. The van der Waals surface area contributed by atoms with Crippen molar-refractivity contribution in [2.45, 2.75) is 6.18 Å². The number of aromatic nitrogens is 2. The van der Waals surface area contributed by atoms with E-state index in [-0.39, 0.29) is 0 Å². The molecule has 21 heavy (non-hydrogen) atoms. The topological polar surface area (TPSA) is 28.7 Å². The van der Waals surface area contributed by atoms with Gasteiger partial charge in [0.2, 0.25) is 0 Å². The zero-order valence-corrected chi connectivity index (χ0v) is 11.4. The van der Waals surface area contributed by atoms with E-state index in [1.165, 1.54) is 12.1 Å². The summed E-state index contributed by atoms with van der Waals surface area (Å²) in [7, 11) is 0. The van der Waals surface area contributed by atoms with E-state index < -0.39 is 11.7 Å². The third-order valence-corrected chi connectivity index (χ3v) is 3.38. The van der Waals surface area contributed by atoms with Gasteiger partial charge in [-0.3, -0.25) is 0 Å². The van der Waals surface area contributed by atoms with Gasteiger partial charge in [0.25, 0.3) is 0 Å². The average molecular weight is 306 g/mol. The van der Waals surface area contributed by atoms with E-state index >= 15 is 0 Å². The Morgan fingerprint density at radius 3 is 2.29 bits per heavy atom. The molecule has 2 aromatic carbocycles. The molecule has 3 rings (SSSR count). The highest BCUT2D eigenvalue weighted by atomic mass is 32.1. The number of halogens is 3. The molecular formula is C15H9F3N2S. The fourth-order valence-corrected chi connectivity index (χ4v) is 2.32. The minimum Gasteiger partial charge on any atom is -0.343 e. The number of fused-ring (bicyclic) bond motifs is 1. The van der Waals surface area contributed by atoms with Crippen LogP contribution < -0.4 is 0 Å². The molecule has 0 atom stereocenters. The molecule has 0 spiro atoms. The molecule has 0 amide bonds. The predicted molar refractivity (Wildman–Crippen MR) is 77.4 cm³/mol. The maximum atomic E-state index is 12.6. The van der Waals surface area contributed by atoms with Gasteiger partial charge in [-0.15, -0.1) is 0 Å². The summed E-state index contributed by atoms with van der Waals surface area (Å²) in [5.74, 6) is 0. The summed E-state index contributed by atoms with van der Waals surface area (Å²) >= 11 is 5.23. The molecule has 0 aliphatic rings. The molecule has 1 aromatic heterocycles. The first-order valence-electron chi connectivity index (χ1n) is 6.12. The van der Waals surface area contributed by atoms with E-state index in [0.717, 1.165) is 17.6 Å². The SMILES string of the molecule is FC(F)(F)c1ccc(-c2nc3ccccc3[nH]c2=S)cc1. The van der Waals surface area contributed by atoms with Gasteiger partial charge in [0, 0.05) is 5.56 Å². The molecule has 1 N–H and O–H groups in total. The number of alkyl halides is 3. The molecule has 0 radical (unpaired) electrons. The van der Waals surface area contributed by atoms with Crippen LogP contribution in [0.1, 0.15) is 5.56 Å². The summed E-state index contributed by atoms with van der Waals surface area (Å²) < 4.78 is 38.1. The number of hydrogen-bond donors (Lipinski definition) is 1. The number of H-pyrrole nitrogens is 1. The fraction of sp³-hybridized carbons (Fsp3) is 0.0667. The lowest BCUT2D eigenvalue weighted by atomic mass is 10.1. The lowest BCUT2D eigenvalue weighted by molar-refractivity contribution is -0.137. The number of hydrogen-bond acceptors (Lipinski definition) is 2. The Hall–Kier alpha value is -2.21. The highest BCUT2D eigenvalue weighted by Gasteiger charge is 2.30. The van der Waals surface area contributed by atoms with E-state index in [2.05, 4.69) is 9.97 Å². The smallest absolute Gasteiger partial charge is 0.343 e. The third kappa shape index (κ3) is 2.67. The van der Waals surface area contributed by atoms with E-state index in [1.807, 2.05) is 24.3 Å². The molecule has 3 aromatic rings. The number of aromatic amines is 1. The van der Waals surface area contributed by atoms with Gasteiger partial charge in [0.15, 0.2) is 0 Å². The van der Waals surface area contributed by atoms with Crippen LogP contribution in [0.15, 0.2) is 48.5 Å². The van der Waals surface area contributed by atoms with Crippen molar-refractivity contribution in [2.75, 3.05) is 0 Å². The first-order chi connectivity index (χ1) is 9.95. The Labute approximate surface area is 123 Å². The van der Waals surface area contributed by atoms with Gasteiger partial charge in [-0.1, -0.05) is 36.5 Å². The predicted octanol–water partition coefficient (Wildman–Crippen LogP) is 4.98. The summed E-state index contributed by atoms with van der Waals surface area (Å²) in [5, 5.41) is 0. The zero-order chi connectivity index (χ0) is 15.0. The number of nitrogens with one attached hydrogen (secondary N) is 1. The standard InChI is InChI=1S/C15H9F3N2S/c16-15(17,18)10-7-5-9(6-8-10)13-14(21)20-12-4-2-1-3-11(12)19-13/h1-8H,(H,20,21). The van der Waals surface area contributed by atoms with Gasteiger partial charge in [-0.25, -0.2) is 4.98 Å². The van der Waals surface area contributed by atoms with Crippen molar-refractivity contribution < 1.29 is 13.2 Å². The first kappa shape index (κ1) is 13.8. The van der Waals surface area contributed by atoms with Crippen molar-refractivity contribution in [3.63, 3.8) is 0 Å². The van der Waals surface area contributed by atoms with Crippen molar-refractivity contribution in [2.24, 2.45) is 0 Å². The van der Waals surface area contributed by atoms with Gasteiger partial charge >= 0.3 is 6.18 Å². The van der Waals surface area contributed by atoms with E-state index in [1.54, 1.807) is 0 Å². The molecule has 0 saturated carbocycles. The maximum absolute atomic E-state index is 12.6. The summed E-state index contributed by atoms with van der Waals surface area (Å²) in [6.45, 7) is 0. The molecule has 0 saturated heterocycles. The normalized spacial score (nSPS) is 11.8. The number of nitrogens with zero attached hydrogens (tertiary/aromatic N) is 1. The van der Waals surface area contributed by atoms with Gasteiger partial charge in [-0.2, -0.15) is 13.2 Å². The molecule has 0 bridgehead atoms. The second kappa shape index (κ2) is 4.96. The van der Waals surface area contributed by atoms with Crippen LogP contribution in [0.4, 0.5) is 13.2 Å². The molecule has 106 valence electrons. The number of rotatable bonds is 1. The summed E-state index contributed by atoms with van der Waals surface area (Å²) in [4.78, 5) is 7.45. The van der Waals surface area contributed by atoms with E-state index in [4.69, 9.17) is 12.2 Å². The van der Waals surface area contributed by atoms with Gasteiger partial charge in [-0.05, 0) is 24.3 Å². The molecule has 6 heteroatoms. The van der Waals surface area contributed by atoms with Crippen molar-refractivity contribution in [1.82, 2.24) is 9.97 Å². The second-order valence-corrected chi connectivity index (χ2v) is 4.92. The molecule has 0 aliphatic heterocycles. The van der Waals surface area contributed by atoms with Crippen LogP contribution in [0, 0.1) is 4.64 Å². The van der Waals surface area contributed by atoms with Crippen molar-refractivity contribution in [1.29, 1.82) is 0 Å². The monoisotopic (exact) mass is 306 g/mol. The maximum Gasteiger partial charge on any atom is 0.416 e. The number of benzene rings is 2. The third-order valence-electron chi connectivity index (χ3n) is 3.09. The molecule has 2 nitrogen and oxygen atoms in total. The van der Waals surface area contributed by atoms with Crippen LogP contribution in [0.25, 0.3) is 22.3 Å². The highest BCUT2D eigenvalue weighted by Crippen LogP contribution is 2.31. The Kier molecular flexibility index (Phi) is 3.25. The summed E-state index contributed by atoms with van der Waals surface area (Å²) in [5.41, 5.74) is 1.83. The highest BCUT2D eigenvalue weighted by molar-refractivity contribution is 7.71. The van der Waals surface area contributed by atoms with Crippen LogP contribution >= 0.6 is 12.2 Å². The number of para-hydroxylation sites is 2. The van der Waals surface area contributed by atoms with Gasteiger partial charge in [0.05, 0.1) is 16.6 Å². The van der Waals surface area contributed by atoms with Crippen LogP contribution in [0.2, 0.25) is 0 Å². The quantitative estimate of drug-likeness (QED) is 0.642. The Morgan fingerprint density at radius 1 is 0.952 bits per heavy atom. The Bertz CT molecular complexity index is 851. The largest absolute Gasteiger partial charge is 0.416 e. The fourth-order valence-electron chi connectivity index (χ4n) is 2.04. The lowest BCUT2D eigenvalue weighted by Crippen LogP contribution is -2.04. The van der Waals surface area contributed by atoms with Gasteiger partial charge < -0.3 is 4.98 Å². The molecular weight excluding hydrogens is 297 g/mol. The van der Waals surface area contributed by atoms with Crippen molar-refractivity contribution in [3.05, 3.63) is 58.7 Å². The molecule has 0 unspecified atom stereocenters. The van der Waals surface area contributed by atoms with E-state index in [9.17, 15) is 13.2 Å². The summed E-state index contributed by atoms with van der Waals surface area (Å²) in [6.07, 6.45) is -4.35. The first-order valence-corrected chi connectivity index (χ1v) is 6.53. The lowest BCUT2D eigenvalue weighted by Gasteiger charge is -2.08. The zero-order valence-electron chi connectivity index (χ0n) is 10.6. The average Bonchev–Trinajstić information content (AvgIpc) is 2.46. The Morgan fingerprint density at radius 2 is 1.62 bits per heavy atom. The van der Waals surface area contributed by atoms with Crippen LogP contribution in [0.3, 0.4) is 0 Å². The van der Waals surface area contributed by atoms with Crippen molar-refractivity contribution >= 4 is 23.3 Å². The van der Waals surface area contributed by atoms with E-state index in [0.29, 0.717) is 21.4 Å². The van der Waals surface area contributed by atoms with Crippen LogP contribution in [-0.4, -0.2) is 9.97 Å². The summed E-state index contributed by atoms with van der Waals surface area (Å²) in [6, 6.07) is 12.2. The molecule has 1 heterocycles. The van der Waals surface area contributed by atoms with Crippen molar-refractivity contribution in [3.8, 4) is 11.3 Å². The van der Waals surface area contributed by atoms with Crippen LogP contribution in [0.5, 0.6) is 0 Å². The minimum atomic E-state index is -4.35. The molecule has 0 fully saturated rings.